The Morgan fingerprint density at radius 2 is 2.12 bits per heavy atom. The summed E-state index contributed by atoms with van der Waals surface area (Å²) in [6.45, 7) is 4.06. The van der Waals surface area contributed by atoms with E-state index in [2.05, 4.69) is 5.32 Å². The van der Waals surface area contributed by atoms with Crippen molar-refractivity contribution in [2.24, 2.45) is 5.92 Å². The second kappa shape index (κ2) is 3.98. The van der Waals surface area contributed by atoms with Gasteiger partial charge in [0.25, 0.3) is 0 Å². The van der Waals surface area contributed by atoms with Gasteiger partial charge in [-0.05, 0) is 24.1 Å². The Kier molecular flexibility index (Phi) is 2.80. The minimum atomic E-state index is -0.154. The molecule has 0 radical (unpaired) electrons. The second-order valence-electron chi connectivity index (χ2n) is 4.42. The molecule has 86 valence electrons. The summed E-state index contributed by atoms with van der Waals surface area (Å²) in [5.74, 6) is 0.351. The fraction of sp³-hybridized carbons (Fsp3) is 0.417. The van der Waals surface area contributed by atoms with E-state index in [1.165, 1.54) is 0 Å². The minimum Gasteiger partial charge on any atom is -0.372 e. The van der Waals surface area contributed by atoms with Gasteiger partial charge in [-0.3, -0.25) is 4.79 Å². The van der Waals surface area contributed by atoms with E-state index in [0.29, 0.717) is 5.02 Å². The number of benzene rings is 1. The van der Waals surface area contributed by atoms with Gasteiger partial charge in [0.2, 0.25) is 5.91 Å². The molecule has 1 unspecified atom stereocenters. The van der Waals surface area contributed by atoms with Gasteiger partial charge in [-0.15, -0.1) is 0 Å². The number of likely N-dealkylation sites (N-methyl/N-ethyl adjacent to an activating group) is 1. The maximum absolute atomic E-state index is 12.1. The third-order valence-corrected chi connectivity index (χ3v) is 3.13. The van der Waals surface area contributed by atoms with Gasteiger partial charge >= 0.3 is 0 Å². The Morgan fingerprint density at radius 1 is 1.44 bits per heavy atom. The predicted molar refractivity (Wildman–Crippen MR) is 67.1 cm³/mol. The SMILES string of the molecule is CC(C)C1Nc2ccc(Cl)cc2N(C)C1=O. The van der Waals surface area contributed by atoms with E-state index in [0.717, 1.165) is 11.4 Å². The molecule has 0 saturated carbocycles. The monoisotopic (exact) mass is 238 g/mol. The number of anilines is 2. The molecule has 0 fully saturated rings. The maximum Gasteiger partial charge on any atom is 0.249 e. The van der Waals surface area contributed by atoms with Crippen LogP contribution in [0.1, 0.15) is 13.8 Å². The van der Waals surface area contributed by atoms with Crippen molar-refractivity contribution in [3.8, 4) is 0 Å². The lowest BCUT2D eigenvalue weighted by atomic mass is 9.99. The van der Waals surface area contributed by atoms with Crippen LogP contribution in [0.2, 0.25) is 5.02 Å². The number of carbonyl (C=O) groups excluding carboxylic acids is 1. The highest BCUT2D eigenvalue weighted by Gasteiger charge is 2.31. The summed E-state index contributed by atoms with van der Waals surface area (Å²) in [6.07, 6.45) is 0. The zero-order chi connectivity index (χ0) is 11.9. The molecule has 1 aromatic rings. The number of amides is 1. The summed E-state index contributed by atoms with van der Waals surface area (Å²) < 4.78 is 0. The van der Waals surface area contributed by atoms with E-state index >= 15 is 0 Å². The van der Waals surface area contributed by atoms with Crippen LogP contribution in [0.4, 0.5) is 11.4 Å². The molecular weight excluding hydrogens is 224 g/mol. The molecule has 0 aliphatic carbocycles. The number of rotatable bonds is 1. The van der Waals surface area contributed by atoms with E-state index in [9.17, 15) is 4.79 Å². The van der Waals surface area contributed by atoms with Crippen LogP contribution in [0.3, 0.4) is 0 Å². The van der Waals surface area contributed by atoms with Crippen LogP contribution >= 0.6 is 11.6 Å². The van der Waals surface area contributed by atoms with Crippen molar-refractivity contribution >= 4 is 28.9 Å². The zero-order valence-corrected chi connectivity index (χ0v) is 10.4. The summed E-state index contributed by atoms with van der Waals surface area (Å²) >= 11 is 5.92. The van der Waals surface area contributed by atoms with Crippen molar-refractivity contribution < 1.29 is 4.79 Å². The fourth-order valence-electron chi connectivity index (χ4n) is 1.91. The van der Waals surface area contributed by atoms with Crippen LogP contribution in [-0.2, 0) is 4.79 Å². The van der Waals surface area contributed by atoms with E-state index in [4.69, 9.17) is 11.6 Å². The largest absolute Gasteiger partial charge is 0.372 e. The Labute approximate surface area is 100 Å². The van der Waals surface area contributed by atoms with Crippen molar-refractivity contribution in [1.29, 1.82) is 0 Å². The summed E-state index contributed by atoms with van der Waals surface area (Å²) in [4.78, 5) is 13.7. The molecule has 1 aromatic carbocycles. The van der Waals surface area contributed by atoms with Crippen LogP contribution in [0.25, 0.3) is 0 Å². The van der Waals surface area contributed by atoms with Gasteiger partial charge in [-0.25, -0.2) is 0 Å². The first-order chi connectivity index (χ1) is 7.50. The summed E-state index contributed by atoms with van der Waals surface area (Å²) in [5, 5.41) is 3.90. The first-order valence-corrected chi connectivity index (χ1v) is 5.72. The molecule has 4 heteroatoms. The third-order valence-electron chi connectivity index (χ3n) is 2.90. The number of hydrogen-bond donors (Lipinski definition) is 1. The second-order valence-corrected chi connectivity index (χ2v) is 4.86. The Morgan fingerprint density at radius 3 is 2.75 bits per heavy atom. The summed E-state index contributed by atoms with van der Waals surface area (Å²) in [6, 6.07) is 5.39. The average Bonchev–Trinajstić information content (AvgIpc) is 2.23. The van der Waals surface area contributed by atoms with Gasteiger partial charge < -0.3 is 10.2 Å². The first kappa shape index (κ1) is 11.3. The van der Waals surface area contributed by atoms with Gasteiger partial charge in [0.05, 0.1) is 11.4 Å². The van der Waals surface area contributed by atoms with Crippen molar-refractivity contribution in [3.63, 3.8) is 0 Å². The molecule has 1 heterocycles. The number of halogens is 1. The molecule has 1 atom stereocenters. The Bertz CT molecular complexity index is 431. The van der Waals surface area contributed by atoms with Crippen molar-refractivity contribution in [2.75, 3.05) is 17.3 Å². The lowest BCUT2D eigenvalue weighted by Gasteiger charge is -2.34. The van der Waals surface area contributed by atoms with Gasteiger partial charge in [0.15, 0.2) is 0 Å². The molecular formula is C12H15ClN2O. The van der Waals surface area contributed by atoms with Gasteiger partial charge in [-0.1, -0.05) is 25.4 Å². The summed E-state index contributed by atoms with van der Waals surface area (Å²) in [7, 11) is 1.79. The molecule has 3 nitrogen and oxygen atoms in total. The zero-order valence-electron chi connectivity index (χ0n) is 9.62. The molecule has 0 aromatic heterocycles. The van der Waals surface area contributed by atoms with Crippen molar-refractivity contribution in [1.82, 2.24) is 0 Å². The standard InChI is InChI=1S/C12H15ClN2O/c1-7(2)11-12(16)15(3)10-6-8(13)4-5-9(10)14-11/h4-7,11,14H,1-3H3. The van der Waals surface area contributed by atoms with Crippen LogP contribution in [0, 0.1) is 5.92 Å². The number of carbonyl (C=O) groups is 1. The lowest BCUT2D eigenvalue weighted by Crippen LogP contribution is -2.47. The molecule has 0 spiro atoms. The molecule has 1 N–H and O–H groups in total. The third kappa shape index (κ3) is 1.76. The number of hydrogen-bond acceptors (Lipinski definition) is 2. The van der Waals surface area contributed by atoms with Crippen LogP contribution in [0.15, 0.2) is 18.2 Å². The highest BCUT2D eigenvalue weighted by atomic mass is 35.5. The van der Waals surface area contributed by atoms with Gasteiger partial charge in [0, 0.05) is 12.1 Å². The van der Waals surface area contributed by atoms with E-state index in [-0.39, 0.29) is 17.9 Å². The lowest BCUT2D eigenvalue weighted by molar-refractivity contribution is -0.120. The Hall–Kier alpha value is -1.22. The molecule has 2 rings (SSSR count). The Balaban J connectivity index is 2.44. The number of nitrogens with zero attached hydrogens (tertiary/aromatic N) is 1. The fourth-order valence-corrected chi connectivity index (χ4v) is 2.08. The maximum atomic E-state index is 12.1. The van der Waals surface area contributed by atoms with Crippen LogP contribution in [-0.4, -0.2) is 19.0 Å². The number of nitrogens with one attached hydrogen (secondary N) is 1. The topological polar surface area (TPSA) is 32.3 Å². The molecule has 1 amide bonds. The average molecular weight is 239 g/mol. The molecule has 1 aliphatic heterocycles. The highest BCUT2D eigenvalue weighted by Crippen LogP contribution is 2.34. The van der Waals surface area contributed by atoms with E-state index in [1.54, 1.807) is 18.0 Å². The highest BCUT2D eigenvalue weighted by molar-refractivity contribution is 6.31. The van der Waals surface area contributed by atoms with Crippen molar-refractivity contribution in [2.45, 2.75) is 19.9 Å². The van der Waals surface area contributed by atoms with Crippen molar-refractivity contribution in [3.05, 3.63) is 23.2 Å². The quantitative estimate of drug-likeness (QED) is 0.816. The van der Waals surface area contributed by atoms with E-state index in [1.807, 2.05) is 26.0 Å². The van der Waals surface area contributed by atoms with Gasteiger partial charge in [-0.2, -0.15) is 0 Å². The first-order valence-electron chi connectivity index (χ1n) is 5.34. The molecule has 16 heavy (non-hydrogen) atoms. The molecule has 0 saturated heterocycles. The van der Waals surface area contributed by atoms with Crippen LogP contribution < -0.4 is 10.2 Å². The minimum absolute atomic E-state index is 0.0877. The summed E-state index contributed by atoms with van der Waals surface area (Å²) in [5.41, 5.74) is 1.81. The van der Waals surface area contributed by atoms with E-state index < -0.39 is 0 Å². The van der Waals surface area contributed by atoms with Crippen LogP contribution in [0.5, 0.6) is 0 Å². The number of fused-ring (bicyclic) bond motifs is 1. The normalized spacial score (nSPS) is 19.7. The molecule has 1 aliphatic rings. The smallest absolute Gasteiger partial charge is 0.249 e. The predicted octanol–water partition coefficient (Wildman–Crippen LogP) is 2.75. The van der Waals surface area contributed by atoms with Gasteiger partial charge in [0.1, 0.15) is 6.04 Å². The molecule has 0 bridgehead atoms.